The van der Waals surface area contributed by atoms with Crippen molar-refractivity contribution < 1.29 is 4.39 Å². The van der Waals surface area contributed by atoms with Crippen LogP contribution in [0, 0.1) is 5.82 Å². The molecule has 0 saturated carbocycles. The van der Waals surface area contributed by atoms with Crippen molar-refractivity contribution in [3.8, 4) is 5.69 Å². The molecule has 0 bridgehead atoms. The van der Waals surface area contributed by atoms with Crippen LogP contribution in [-0.4, -0.2) is 41.1 Å². The minimum absolute atomic E-state index is 0.123. The highest BCUT2D eigenvalue weighted by atomic mass is 35.5. The molecule has 5 aromatic rings. The van der Waals surface area contributed by atoms with E-state index in [9.17, 15) is 9.18 Å². The van der Waals surface area contributed by atoms with Crippen LogP contribution in [0.1, 0.15) is 11.9 Å². The van der Waals surface area contributed by atoms with Gasteiger partial charge >= 0.3 is 0 Å². The average Bonchev–Trinajstić information content (AvgIpc) is 3.49. The SMILES string of the molecule is O=c1c2c(Cl)cccc2nc([C@@H]2CSCN2c2ncnc3nc[nH]c23)n1-c1ccccc1F. The number of rotatable bonds is 3. The van der Waals surface area contributed by atoms with E-state index < -0.39 is 11.4 Å². The number of hydrogen-bond acceptors (Lipinski definition) is 7. The number of H-pyrrole nitrogens is 1. The van der Waals surface area contributed by atoms with Gasteiger partial charge in [-0.2, -0.15) is 0 Å². The van der Waals surface area contributed by atoms with Crippen LogP contribution in [0.15, 0.2) is 59.9 Å². The number of nitrogens with zero attached hydrogens (tertiary/aromatic N) is 6. The van der Waals surface area contributed by atoms with Gasteiger partial charge in [0.1, 0.15) is 23.5 Å². The van der Waals surface area contributed by atoms with Gasteiger partial charge in [0, 0.05) is 5.75 Å². The lowest BCUT2D eigenvalue weighted by Gasteiger charge is -2.27. The molecule has 1 N–H and O–H groups in total. The first-order valence-corrected chi connectivity index (χ1v) is 11.6. The third-order valence-electron chi connectivity index (χ3n) is 5.62. The molecule has 0 spiro atoms. The van der Waals surface area contributed by atoms with Crippen molar-refractivity contribution in [1.29, 1.82) is 0 Å². The van der Waals surface area contributed by atoms with E-state index in [1.165, 1.54) is 17.0 Å². The Morgan fingerprint density at radius 3 is 2.88 bits per heavy atom. The number of imidazole rings is 1. The highest BCUT2D eigenvalue weighted by Gasteiger charge is 2.34. The normalized spacial score (nSPS) is 16.2. The summed E-state index contributed by atoms with van der Waals surface area (Å²) in [5.41, 5.74) is 1.39. The van der Waals surface area contributed by atoms with E-state index in [0.29, 0.717) is 40.0 Å². The van der Waals surface area contributed by atoms with Gasteiger partial charge in [0.2, 0.25) is 0 Å². The van der Waals surface area contributed by atoms with Crippen LogP contribution in [0.4, 0.5) is 10.2 Å². The van der Waals surface area contributed by atoms with Crippen LogP contribution in [-0.2, 0) is 0 Å². The number of benzene rings is 2. The third kappa shape index (κ3) is 3.17. The van der Waals surface area contributed by atoms with Gasteiger partial charge in [-0.3, -0.25) is 9.36 Å². The number of nitrogens with one attached hydrogen (secondary N) is 1. The van der Waals surface area contributed by atoms with Crippen LogP contribution >= 0.6 is 23.4 Å². The van der Waals surface area contributed by atoms with Crippen LogP contribution < -0.4 is 10.5 Å². The van der Waals surface area contributed by atoms with Crippen molar-refractivity contribution in [3.05, 3.63) is 82.1 Å². The van der Waals surface area contributed by atoms with Crippen molar-refractivity contribution in [2.45, 2.75) is 6.04 Å². The predicted octanol–water partition coefficient (Wildman–Crippen LogP) is 4.10. The van der Waals surface area contributed by atoms with Crippen LogP contribution in [0.25, 0.3) is 27.8 Å². The lowest BCUT2D eigenvalue weighted by Crippen LogP contribution is -2.33. The zero-order chi connectivity index (χ0) is 22.5. The second kappa shape index (κ2) is 7.82. The van der Waals surface area contributed by atoms with Crippen LogP contribution in [0.5, 0.6) is 0 Å². The molecular weight excluding hydrogens is 465 g/mol. The number of para-hydroxylation sites is 1. The molecular formula is C22H15ClFN7OS. The van der Waals surface area contributed by atoms with E-state index in [1.807, 2.05) is 4.90 Å². The number of aromatic amines is 1. The Hall–Kier alpha value is -3.50. The topological polar surface area (TPSA) is 92.6 Å². The molecule has 1 aliphatic heterocycles. The van der Waals surface area contributed by atoms with E-state index in [0.717, 1.165) is 0 Å². The summed E-state index contributed by atoms with van der Waals surface area (Å²) in [5, 5.41) is 0.524. The maximum atomic E-state index is 14.9. The molecule has 2 aromatic carbocycles. The van der Waals surface area contributed by atoms with Gasteiger partial charge in [-0.1, -0.05) is 29.8 Å². The molecule has 0 aliphatic carbocycles. The fourth-order valence-electron chi connectivity index (χ4n) is 4.13. The number of halogens is 2. The van der Waals surface area contributed by atoms with Gasteiger partial charge in [0.25, 0.3) is 5.56 Å². The third-order valence-corrected chi connectivity index (χ3v) is 6.95. The van der Waals surface area contributed by atoms with E-state index in [1.54, 1.807) is 54.5 Å². The predicted molar refractivity (Wildman–Crippen MR) is 127 cm³/mol. The summed E-state index contributed by atoms with van der Waals surface area (Å²) in [6, 6.07) is 10.9. The van der Waals surface area contributed by atoms with Gasteiger partial charge in [-0.25, -0.2) is 24.3 Å². The Labute approximate surface area is 195 Å². The van der Waals surface area contributed by atoms with Crippen LogP contribution in [0.3, 0.4) is 0 Å². The summed E-state index contributed by atoms with van der Waals surface area (Å²) >= 11 is 8.03. The standard InChI is InChI=1S/C22H15ClFN7OS/c23-12-4-3-6-14-17(12)22(32)31(15-7-2-1-5-13(15)24)20(29-14)16-8-33-11-30(16)21-18-19(26-9-25-18)27-10-28-21/h1-7,9-10,16H,8,11H2,(H,25,26,27,28)/t16-/m0/s1. The van der Waals surface area contributed by atoms with E-state index in [4.69, 9.17) is 16.6 Å². The Balaban J connectivity index is 1.63. The summed E-state index contributed by atoms with van der Waals surface area (Å²) in [7, 11) is 0. The first kappa shape index (κ1) is 20.1. The largest absolute Gasteiger partial charge is 0.340 e. The first-order chi connectivity index (χ1) is 16.1. The fourth-order valence-corrected chi connectivity index (χ4v) is 5.54. The van der Waals surface area contributed by atoms with Crippen molar-refractivity contribution in [2.75, 3.05) is 16.5 Å². The molecule has 11 heteroatoms. The Morgan fingerprint density at radius 2 is 2.00 bits per heavy atom. The molecule has 1 saturated heterocycles. The molecule has 0 amide bonds. The number of thioether (sulfide) groups is 1. The summed E-state index contributed by atoms with van der Waals surface area (Å²) in [4.78, 5) is 36.5. The zero-order valence-corrected chi connectivity index (χ0v) is 18.5. The summed E-state index contributed by atoms with van der Waals surface area (Å²) in [5.74, 6) is 1.77. The minimum atomic E-state index is -0.524. The van der Waals surface area contributed by atoms with Gasteiger partial charge in [0.15, 0.2) is 11.5 Å². The summed E-state index contributed by atoms with van der Waals surface area (Å²) in [6.07, 6.45) is 3.02. The van der Waals surface area contributed by atoms with Gasteiger partial charge in [-0.05, 0) is 24.3 Å². The second-order valence-electron chi connectivity index (χ2n) is 7.48. The number of aromatic nitrogens is 6. The van der Waals surface area contributed by atoms with E-state index >= 15 is 0 Å². The molecule has 0 radical (unpaired) electrons. The summed E-state index contributed by atoms with van der Waals surface area (Å²) in [6.45, 7) is 0. The monoisotopic (exact) mass is 479 g/mol. The molecule has 3 aromatic heterocycles. The Kier molecular flexibility index (Phi) is 4.77. The van der Waals surface area contributed by atoms with Gasteiger partial charge in [0.05, 0.1) is 39.9 Å². The smallest absolute Gasteiger partial charge is 0.267 e. The lowest BCUT2D eigenvalue weighted by molar-refractivity contribution is 0.601. The van der Waals surface area contributed by atoms with E-state index in [-0.39, 0.29) is 22.1 Å². The fraction of sp³-hybridized carbons (Fsp3) is 0.136. The van der Waals surface area contributed by atoms with Crippen molar-refractivity contribution >= 4 is 51.2 Å². The van der Waals surface area contributed by atoms with E-state index in [2.05, 4.69) is 19.9 Å². The lowest BCUT2D eigenvalue weighted by atomic mass is 10.2. The molecule has 1 aliphatic rings. The quantitative estimate of drug-likeness (QED) is 0.416. The summed E-state index contributed by atoms with van der Waals surface area (Å²) < 4.78 is 16.3. The zero-order valence-electron chi connectivity index (χ0n) is 16.9. The molecule has 1 atom stereocenters. The molecule has 164 valence electrons. The average molecular weight is 480 g/mol. The Bertz CT molecular complexity index is 1590. The van der Waals surface area contributed by atoms with Crippen molar-refractivity contribution in [3.63, 3.8) is 0 Å². The first-order valence-electron chi connectivity index (χ1n) is 10.1. The molecule has 1 fully saturated rings. The number of hydrogen-bond donors (Lipinski definition) is 1. The highest BCUT2D eigenvalue weighted by molar-refractivity contribution is 7.99. The van der Waals surface area contributed by atoms with Crippen molar-refractivity contribution in [2.24, 2.45) is 0 Å². The minimum Gasteiger partial charge on any atom is -0.340 e. The highest BCUT2D eigenvalue weighted by Crippen LogP contribution is 2.38. The number of fused-ring (bicyclic) bond motifs is 2. The number of anilines is 1. The maximum absolute atomic E-state index is 14.9. The van der Waals surface area contributed by atoms with Crippen molar-refractivity contribution in [1.82, 2.24) is 29.5 Å². The molecule has 8 nitrogen and oxygen atoms in total. The Morgan fingerprint density at radius 1 is 1.12 bits per heavy atom. The van der Waals surface area contributed by atoms with Crippen LogP contribution in [0.2, 0.25) is 5.02 Å². The molecule has 0 unspecified atom stereocenters. The molecule has 4 heterocycles. The molecule has 33 heavy (non-hydrogen) atoms. The van der Waals surface area contributed by atoms with Gasteiger partial charge in [-0.15, -0.1) is 11.8 Å². The maximum Gasteiger partial charge on any atom is 0.267 e. The second-order valence-corrected chi connectivity index (χ2v) is 8.89. The molecule has 6 rings (SSSR count). The van der Waals surface area contributed by atoms with Gasteiger partial charge < -0.3 is 9.88 Å².